The van der Waals surface area contributed by atoms with E-state index in [1.807, 2.05) is 6.92 Å². The molecule has 1 aromatic rings. The zero-order chi connectivity index (χ0) is 21.4. The third-order valence-corrected chi connectivity index (χ3v) is 7.73. The van der Waals surface area contributed by atoms with Crippen molar-refractivity contribution in [1.82, 2.24) is 15.2 Å². The fourth-order valence-corrected chi connectivity index (χ4v) is 5.76. The van der Waals surface area contributed by atoms with Crippen LogP contribution in [0.1, 0.15) is 26.0 Å². The Hall–Kier alpha value is -2.95. The van der Waals surface area contributed by atoms with Gasteiger partial charge in [0.1, 0.15) is 11.4 Å². The number of nitrogens with zero attached hydrogens (tertiary/aromatic N) is 2. The molecule has 3 rings (SSSR count). The van der Waals surface area contributed by atoms with Gasteiger partial charge in [0.25, 0.3) is 5.91 Å². The van der Waals surface area contributed by atoms with Crippen molar-refractivity contribution in [2.75, 3.05) is 13.2 Å². The van der Waals surface area contributed by atoms with Gasteiger partial charge in [0.05, 0.1) is 23.3 Å². The summed E-state index contributed by atoms with van der Waals surface area (Å²) in [6, 6.07) is 3.12. The van der Waals surface area contributed by atoms with Crippen LogP contribution in [0.15, 0.2) is 30.0 Å². The smallest absolute Gasteiger partial charge is 0.407 e. The fraction of sp³-hybridized carbons (Fsp3) is 0.444. The molecule has 2 aliphatic rings. The van der Waals surface area contributed by atoms with Crippen molar-refractivity contribution in [3.63, 3.8) is 0 Å². The van der Waals surface area contributed by atoms with Crippen molar-refractivity contribution >= 4 is 33.9 Å². The van der Waals surface area contributed by atoms with Gasteiger partial charge in [0.15, 0.2) is 15.2 Å². The maximum atomic E-state index is 13.2. The highest BCUT2D eigenvalue weighted by molar-refractivity contribution is 7.94. The summed E-state index contributed by atoms with van der Waals surface area (Å²) in [7, 11) is -4.26. The highest BCUT2D eigenvalue weighted by atomic mass is 32.2. The molecule has 29 heavy (non-hydrogen) atoms. The number of hydrogen-bond acceptors (Lipinski definition) is 8. The minimum Gasteiger partial charge on any atom is -0.548 e. The molecule has 0 aromatic carbocycles. The standard InChI is InChI=1S/C18H21N3O7S/c1-3-7-20-17(25)28-10-18(2)13(16(23)24)21-14(22)12(15(21)29(18,26)27)9-11-6-4-5-8-19-11/h4-6,8-9,13,15H,3,7,10H2,1-2H3,(H,20,25)(H,23,24)/p-1/b12-9-/t13-,15+,18-/m0/s1. The summed E-state index contributed by atoms with van der Waals surface area (Å²) in [5.41, 5.74) is 0.272. The van der Waals surface area contributed by atoms with E-state index in [1.54, 1.807) is 18.2 Å². The molecule has 3 atom stereocenters. The summed E-state index contributed by atoms with van der Waals surface area (Å²) < 4.78 is 29.3. The number of carbonyl (C=O) groups excluding carboxylic acids is 3. The first-order chi connectivity index (χ1) is 13.6. The molecule has 2 aliphatic heterocycles. The molecule has 1 N–H and O–H groups in total. The topological polar surface area (TPSA) is 146 Å². The van der Waals surface area contributed by atoms with Crippen molar-refractivity contribution in [1.29, 1.82) is 0 Å². The number of fused-ring (bicyclic) bond motifs is 1. The number of pyridine rings is 1. The Bertz CT molecular complexity index is 976. The highest BCUT2D eigenvalue weighted by Gasteiger charge is 2.70. The van der Waals surface area contributed by atoms with Gasteiger partial charge >= 0.3 is 6.09 Å². The van der Waals surface area contributed by atoms with Crippen LogP contribution < -0.4 is 10.4 Å². The first kappa shape index (κ1) is 20.8. The SMILES string of the molecule is CCCNC(=O)OC[C@@]1(C)[C@H](C(=O)[O-])N2C(=O)/C(=C/c3ccccn3)[C@H]2S1(=O)=O. The van der Waals surface area contributed by atoms with Gasteiger partial charge in [0, 0.05) is 12.7 Å². The number of ether oxygens (including phenoxy) is 1. The molecule has 3 heterocycles. The summed E-state index contributed by atoms with van der Waals surface area (Å²) >= 11 is 0. The second-order valence-corrected chi connectivity index (χ2v) is 9.47. The van der Waals surface area contributed by atoms with Crippen LogP contribution in [0, 0.1) is 0 Å². The van der Waals surface area contributed by atoms with E-state index in [9.17, 15) is 27.9 Å². The first-order valence-corrected chi connectivity index (χ1v) is 10.5. The third kappa shape index (κ3) is 3.24. The Labute approximate surface area is 167 Å². The normalized spacial score (nSPS) is 28.6. The first-order valence-electron chi connectivity index (χ1n) is 8.95. The molecule has 0 unspecified atom stereocenters. The Morgan fingerprint density at radius 1 is 1.41 bits per heavy atom. The maximum absolute atomic E-state index is 13.2. The van der Waals surface area contributed by atoms with Gasteiger partial charge in [-0.1, -0.05) is 13.0 Å². The van der Waals surface area contributed by atoms with Gasteiger partial charge in [-0.25, -0.2) is 13.2 Å². The lowest BCUT2D eigenvalue weighted by Crippen LogP contribution is -2.62. The van der Waals surface area contributed by atoms with E-state index in [0.717, 1.165) is 11.8 Å². The van der Waals surface area contributed by atoms with Gasteiger partial charge in [-0.3, -0.25) is 9.78 Å². The Morgan fingerprint density at radius 3 is 2.72 bits per heavy atom. The molecular weight excluding hydrogens is 402 g/mol. The minimum absolute atomic E-state index is 0.0888. The molecular formula is C18H20N3O7S-. The van der Waals surface area contributed by atoms with Crippen LogP contribution in [0.25, 0.3) is 6.08 Å². The molecule has 0 aliphatic carbocycles. The predicted octanol–water partition coefficient (Wildman–Crippen LogP) is -0.925. The number of aliphatic carboxylic acids is 1. The van der Waals surface area contributed by atoms with Gasteiger partial charge < -0.3 is 24.9 Å². The van der Waals surface area contributed by atoms with E-state index in [4.69, 9.17) is 4.74 Å². The molecule has 2 fully saturated rings. The summed E-state index contributed by atoms with van der Waals surface area (Å²) in [5, 5.41) is 12.7. The Morgan fingerprint density at radius 2 is 2.14 bits per heavy atom. The summed E-state index contributed by atoms with van der Waals surface area (Å²) in [5.74, 6) is -2.47. The number of hydrogen-bond donors (Lipinski definition) is 1. The van der Waals surface area contributed by atoms with Crippen molar-refractivity contribution < 1.29 is 32.6 Å². The third-order valence-electron chi connectivity index (χ3n) is 5.02. The van der Waals surface area contributed by atoms with Crippen LogP contribution in [0.5, 0.6) is 0 Å². The van der Waals surface area contributed by atoms with E-state index in [0.29, 0.717) is 18.7 Å². The summed E-state index contributed by atoms with van der Waals surface area (Å²) in [6.07, 6.45) is 2.56. The van der Waals surface area contributed by atoms with E-state index in [-0.39, 0.29) is 5.57 Å². The van der Waals surface area contributed by atoms with Gasteiger partial charge in [-0.2, -0.15) is 0 Å². The van der Waals surface area contributed by atoms with Crippen LogP contribution >= 0.6 is 0 Å². The van der Waals surface area contributed by atoms with Crippen molar-refractivity contribution in [3.8, 4) is 0 Å². The Kier molecular flexibility index (Phi) is 5.35. The summed E-state index contributed by atoms with van der Waals surface area (Å²) in [6.45, 7) is 2.54. The summed E-state index contributed by atoms with van der Waals surface area (Å²) in [4.78, 5) is 40.9. The lowest BCUT2D eigenvalue weighted by molar-refractivity contribution is -0.312. The number of amides is 2. The zero-order valence-electron chi connectivity index (χ0n) is 15.8. The fourth-order valence-electron chi connectivity index (χ4n) is 3.48. The number of sulfone groups is 1. The zero-order valence-corrected chi connectivity index (χ0v) is 16.6. The molecule has 156 valence electrons. The largest absolute Gasteiger partial charge is 0.548 e. The number of aromatic nitrogens is 1. The van der Waals surface area contributed by atoms with Crippen LogP contribution in [0.2, 0.25) is 0 Å². The molecule has 2 amide bonds. The van der Waals surface area contributed by atoms with Crippen molar-refractivity contribution in [2.45, 2.75) is 36.4 Å². The van der Waals surface area contributed by atoms with E-state index in [1.165, 1.54) is 12.3 Å². The van der Waals surface area contributed by atoms with Crippen molar-refractivity contribution in [2.24, 2.45) is 0 Å². The number of carboxylic acids is 1. The van der Waals surface area contributed by atoms with E-state index < -0.39 is 50.6 Å². The van der Waals surface area contributed by atoms with Gasteiger partial charge in [-0.05, 0) is 31.6 Å². The van der Waals surface area contributed by atoms with Crippen LogP contribution in [-0.2, 0) is 24.2 Å². The molecule has 0 radical (unpaired) electrons. The van der Waals surface area contributed by atoms with Gasteiger partial charge in [0.2, 0.25) is 0 Å². The number of carbonyl (C=O) groups is 3. The maximum Gasteiger partial charge on any atom is 0.407 e. The van der Waals surface area contributed by atoms with E-state index >= 15 is 0 Å². The minimum atomic E-state index is -4.26. The second kappa shape index (κ2) is 7.47. The molecule has 2 saturated heterocycles. The van der Waals surface area contributed by atoms with E-state index in [2.05, 4.69) is 10.3 Å². The van der Waals surface area contributed by atoms with Crippen LogP contribution in [0.3, 0.4) is 0 Å². The van der Waals surface area contributed by atoms with Crippen LogP contribution in [0.4, 0.5) is 4.79 Å². The molecule has 11 heteroatoms. The average molecular weight is 422 g/mol. The molecule has 10 nitrogen and oxygen atoms in total. The molecule has 0 saturated carbocycles. The quantitative estimate of drug-likeness (QED) is 0.457. The molecule has 0 spiro atoms. The average Bonchev–Trinajstić information content (AvgIpc) is 2.85. The number of nitrogens with one attached hydrogen (secondary N) is 1. The predicted molar refractivity (Wildman–Crippen MR) is 98.6 cm³/mol. The number of alkyl carbamates (subject to hydrolysis) is 1. The lowest BCUT2D eigenvalue weighted by atomic mass is 9.94. The number of rotatable bonds is 6. The molecule has 1 aromatic heterocycles. The monoisotopic (exact) mass is 422 g/mol. The number of carboxylic acid groups (broad SMARTS) is 1. The Balaban J connectivity index is 1.95. The van der Waals surface area contributed by atoms with Crippen LogP contribution in [-0.4, -0.2) is 65.6 Å². The lowest BCUT2D eigenvalue weighted by Gasteiger charge is -2.40. The van der Waals surface area contributed by atoms with Crippen molar-refractivity contribution in [3.05, 3.63) is 35.7 Å². The molecule has 0 bridgehead atoms. The number of β-lactam (4-membered cyclic amide) rings is 1. The highest BCUT2D eigenvalue weighted by Crippen LogP contribution is 2.48. The second-order valence-electron chi connectivity index (χ2n) is 7.00. The van der Waals surface area contributed by atoms with Gasteiger partial charge in [-0.15, -0.1) is 0 Å².